The minimum absolute atomic E-state index is 0.0179. The van der Waals surface area contributed by atoms with Crippen LogP contribution >= 0.6 is 7.82 Å². The molecule has 1 saturated heterocycles. The average molecular weight is 589 g/mol. The second-order valence-corrected chi connectivity index (χ2v) is 11.2. The second-order valence-electron chi connectivity index (χ2n) is 9.93. The van der Waals surface area contributed by atoms with Gasteiger partial charge in [-0.25, -0.2) is 28.2 Å². The lowest BCUT2D eigenvalue weighted by atomic mass is 9.74. The van der Waals surface area contributed by atoms with Crippen molar-refractivity contribution in [3.8, 4) is 11.8 Å². The number of phosphoric acid groups is 1. The molecule has 4 heterocycles. The summed E-state index contributed by atoms with van der Waals surface area (Å²) in [4.78, 5) is 53.7. The maximum Gasteiger partial charge on any atom is 0.472 e. The highest BCUT2D eigenvalue weighted by Crippen LogP contribution is 2.45. The standard InChI is InChI=1S/C24H25FN7O8P/c1-11-26-6-14(7-27-11)40-23-29-21-19(22(30-23)32-8-12-3-18(33)16(12)9-32)15-4-13(25)5-17(20(15)28-21)31(2)24(34)38-10-39-41(35,36)37/h4-7,12,16,18,33H,3,8-10H2,1-2H3,(H,28,29,30)(H2,35,36,37). The molecule has 2 fully saturated rings. The number of fused-ring (bicyclic) bond motifs is 4. The van der Waals surface area contributed by atoms with E-state index in [0.29, 0.717) is 64.8 Å². The summed E-state index contributed by atoms with van der Waals surface area (Å²) in [6, 6.07) is 2.37. The summed E-state index contributed by atoms with van der Waals surface area (Å²) in [7, 11) is -3.56. The normalized spacial score (nSPS) is 20.2. The molecule has 4 N–H and O–H groups in total. The summed E-state index contributed by atoms with van der Waals surface area (Å²) >= 11 is 0. The van der Waals surface area contributed by atoms with Crippen molar-refractivity contribution in [2.75, 3.05) is 36.7 Å². The fraction of sp³-hybridized carbons (Fsp3) is 0.375. The van der Waals surface area contributed by atoms with Crippen LogP contribution in [0.2, 0.25) is 0 Å². The maximum absolute atomic E-state index is 15.0. The third-order valence-corrected chi connectivity index (χ3v) is 7.74. The van der Waals surface area contributed by atoms with E-state index in [9.17, 15) is 18.9 Å². The predicted molar refractivity (Wildman–Crippen MR) is 141 cm³/mol. The molecule has 3 atom stereocenters. The summed E-state index contributed by atoms with van der Waals surface area (Å²) in [5, 5.41) is 11.1. The van der Waals surface area contributed by atoms with Gasteiger partial charge in [0.2, 0.25) is 6.79 Å². The van der Waals surface area contributed by atoms with Crippen molar-refractivity contribution in [1.29, 1.82) is 0 Å². The van der Waals surface area contributed by atoms with Crippen LogP contribution in [-0.4, -0.2) is 78.9 Å². The third-order valence-electron chi connectivity index (χ3n) is 7.30. The van der Waals surface area contributed by atoms with Gasteiger partial charge in [-0.15, -0.1) is 0 Å². The molecule has 2 aliphatic rings. The minimum atomic E-state index is -4.87. The van der Waals surface area contributed by atoms with Crippen molar-refractivity contribution >= 4 is 47.4 Å². The molecule has 3 unspecified atom stereocenters. The number of anilines is 2. The summed E-state index contributed by atoms with van der Waals surface area (Å²) < 4.78 is 40.7. The van der Waals surface area contributed by atoms with Crippen LogP contribution in [-0.2, 0) is 13.8 Å². The summed E-state index contributed by atoms with van der Waals surface area (Å²) in [6.45, 7) is 1.88. The number of phosphoric ester groups is 1. The SMILES string of the molecule is Cc1ncc(Oc2nc(N3CC4CC(O)C4C3)c3c(n2)[nH]c2c(N(C)C(=O)OCOP(=O)(O)O)cc(F)cc23)cn1. The van der Waals surface area contributed by atoms with Gasteiger partial charge in [-0.3, -0.25) is 4.90 Å². The van der Waals surface area contributed by atoms with Gasteiger partial charge in [0.15, 0.2) is 5.75 Å². The molecule has 1 aliphatic heterocycles. The van der Waals surface area contributed by atoms with Gasteiger partial charge in [0, 0.05) is 31.4 Å². The number of nitrogens with one attached hydrogen (secondary N) is 1. The quantitative estimate of drug-likeness (QED) is 0.181. The number of aromatic amines is 1. The highest BCUT2D eigenvalue weighted by atomic mass is 31.2. The number of aliphatic hydroxyl groups is 1. The molecule has 0 radical (unpaired) electrons. The largest absolute Gasteiger partial charge is 0.472 e. The number of benzene rings is 1. The summed E-state index contributed by atoms with van der Waals surface area (Å²) in [5.41, 5.74) is 0.688. The van der Waals surface area contributed by atoms with E-state index in [4.69, 9.17) is 19.3 Å². The Kier molecular flexibility index (Phi) is 6.74. The van der Waals surface area contributed by atoms with Gasteiger partial charge in [0.1, 0.15) is 23.1 Å². The molecule has 3 aromatic heterocycles. The molecule has 17 heteroatoms. The van der Waals surface area contributed by atoms with Crippen molar-refractivity contribution < 1.29 is 42.6 Å². The fourth-order valence-corrected chi connectivity index (χ4v) is 5.46. The van der Waals surface area contributed by atoms with E-state index in [1.807, 2.05) is 4.90 Å². The number of nitrogens with zero attached hydrogens (tertiary/aromatic N) is 6. The molecule has 6 rings (SSSR count). The van der Waals surface area contributed by atoms with Crippen LogP contribution in [0.1, 0.15) is 12.2 Å². The Bertz CT molecular complexity index is 1700. The average Bonchev–Trinajstić information content (AvgIpc) is 3.45. The van der Waals surface area contributed by atoms with Crippen LogP contribution in [0.15, 0.2) is 24.5 Å². The van der Waals surface area contributed by atoms with Gasteiger partial charge in [0.25, 0.3) is 0 Å². The van der Waals surface area contributed by atoms with Crippen LogP contribution in [0, 0.1) is 24.6 Å². The molecule has 41 heavy (non-hydrogen) atoms. The number of H-pyrrole nitrogens is 1. The molecule has 0 bridgehead atoms. The van der Waals surface area contributed by atoms with Gasteiger partial charge >= 0.3 is 19.9 Å². The highest BCUT2D eigenvalue weighted by Gasteiger charge is 2.47. The van der Waals surface area contributed by atoms with Crippen molar-refractivity contribution in [3.63, 3.8) is 0 Å². The van der Waals surface area contributed by atoms with E-state index in [-0.39, 0.29) is 17.6 Å². The Morgan fingerprint density at radius 1 is 1.24 bits per heavy atom. The van der Waals surface area contributed by atoms with Gasteiger partial charge in [-0.1, -0.05) is 0 Å². The first-order chi connectivity index (χ1) is 19.5. The fourth-order valence-electron chi connectivity index (χ4n) is 5.27. The Morgan fingerprint density at radius 3 is 2.68 bits per heavy atom. The molecule has 15 nitrogen and oxygen atoms in total. The lowest BCUT2D eigenvalue weighted by Crippen LogP contribution is -2.39. The van der Waals surface area contributed by atoms with Crippen LogP contribution in [0.3, 0.4) is 0 Å². The number of carbonyl (C=O) groups is 1. The zero-order chi connectivity index (χ0) is 29.1. The van der Waals surface area contributed by atoms with E-state index in [1.165, 1.54) is 25.5 Å². The number of hydrogen-bond acceptors (Lipinski definition) is 11. The molecule has 1 aliphatic carbocycles. The number of ether oxygens (including phenoxy) is 2. The van der Waals surface area contributed by atoms with E-state index in [2.05, 4.69) is 29.4 Å². The lowest BCUT2D eigenvalue weighted by molar-refractivity contribution is -0.00399. The van der Waals surface area contributed by atoms with E-state index in [1.54, 1.807) is 6.92 Å². The Labute approximate surface area is 231 Å². The Balaban J connectivity index is 1.43. The molecule has 0 spiro atoms. The number of aromatic nitrogens is 5. The van der Waals surface area contributed by atoms with Gasteiger partial charge < -0.3 is 34.3 Å². The van der Waals surface area contributed by atoms with Crippen molar-refractivity contribution in [3.05, 3.63) is 36.2 Å². The molecule has 4 aromatic rings. The molecular formula is C24H25FN7O8P. The van der Waals surface area contributed by atoms with Gasteiger partial charge in [-0.05, 0) is 31.4 Å². The summed E-state index contributed by atoms with van der Waals surface area (Å²) in [6.07, 6.45) is 2.20. The number of aryl methyl sites for hydroxylation is 1. The number of halogens is 1. The minimum Gasteiger partial charge on any atom is -0.421 e. The Hall–Kier alpha value is -3.95. The van der Waals surface area contributed by atoms with Crippen molar-refractivity contribution in [2.45, 2.75) is 19.4 Å². The number of rotatable bonds is 7. The third kappa shape index (κ3) is 5.27. The first-order valence-corrected chi connectivity index (χ1v) is 14.0. The zero-order valence-electron chi connectivity index (χ0n) is 21.8. The van der Waals surface area contributed by atoms with E-state index in [0.717, 1.165) is 11.0 Å². The molecule has 216 valence electrons. The maximum atomic E-state index is 15.0. The molecule has 1 amide bonds. The number of carbonyl (C=O) groups excluding carboxylic acids is 1. The van der Waals surface area contributed by atoms with E-state index < -0.39 is 32.6 Å². The highest BCUT2D eigenvalue weighted by molar-refractivity contribution is 7.46. The predicted octanol–water partition coefficient (Wildman–Crippen LogP) is 2.60. The topological polar surface area (TPSA) is 196 Å². The molecular weight excluding hydrogens is 564 g/mol. The Morgan fingerprint density at radius 2 is 2.00 bits per heavy atom. The smallest absolute Gasteiger partial charge is 0.421 e. The van der Waals surface area contributed by atoms with Gasteiger partial charge in [0.05, 0.1) is 35.1 Å². The second kappa shape index (κ2) is 10.2. The van der Waals surface area contributed by atoms with E-state index >= 15 is 0 Å². The molecule has 1 saturated carbocycles. The van der Waals surface area contributed by atoms with Crippen molar-refractivity contribution in [2.24, 2.45) is 11.8 Å². The van der Waals surface area contributed by atoms with Crippen LogP contribution in [0.4, 0.5) is 20.7 Å². The number of amides is 1. The van der Waals surface area contributed by atoms with Gasteiger partial charge in [-0.2, -0.15) is 9.97 Å². The summed E-state index contributed by atoms with van der Waals surface area (Å²) in [5.74, 6) is 1.03. The van der Waals surface area contributed by atoms with Crippen LogP contribution in [0.25, 0.3) is 21.9 Å². The zero-order valence-corrected chi connectivity index (χ0v) is 22.7. The first-order valence-electron chi connectivity index (χ1n) is 12.5. The van der Waals surface area contributed by atoms with Crippen molar-refractivity contribution in [1.82, 2.24) is 24.9 Å². The first kappa shape index (κ1) is 27.2. The monoisotopic (exact) mass is 589 g/mol. The molecule has 1 aromatic carbocycles. The van der Waals surface area contributed by atoms with Crippen LogP contribution in [0.5, 0.6) is 11.8 Å². The van der Waals surface area contributed by atoms with Crippen LogP contribution < -0.4 is 14.5 Å². The number of aliphatic hydroxyl groups excluding tert-OH is 1. The lowest BCUT2D eigenvalue weighted by Gasteiger charge is -2.34. The number of hydrogen-bond donors (Lipinski definition) is 4.